The summed E-state index contributed by atoms with van der Waals surface area (Å²) in [5, 5.41) is 6.70. The van der Waals surface area contributed by atoms with Crippen molar-refractivity contribution in [1.82, 2.24) is 15.5 Å². The van der Waals surface area contributed by atoms with Crippen LogP contribution in [0, 0.1) is 11.3 Å². The molecule has 0 heterocycles. The van der Waals surface area contributed by atoms with E-state index in [1.54, 1.807) is 0 Å². The van der Waals surface area contributed by atoms with Crippen LogP contribution in [0.4, 0.5) is 0 Å². The molecule has 17 heavy (non-hydrogen) atoms. The average Bonchev–Trinajstić information content (AvgIpc) is 2.15. The Labute approximate surface area is 107 Å². The molecule has 2 N–H and O–H groups in total. The number of hydrogen-bond donors (Lipinski definition) is 2. The maximum atomic E-state index is 4.22. The van der Waals surface area contributed by atoms with Crippen molar-refractivity contribution in [1.29, 1.82) is 0 Å². The molecule has 102 valence electrons. The van der Waals surface area contributed by atoms with Gasteiger partial charge in [-0.1, -0.05) is 27.7 Å². The molecule has 0 aromatic rings. The SMILES string of the molecule is CN=C(NCC(C)C)NCC(C)(C)CN(C)C. The van der Waals surface area contributed by atoms with Gasteiger partial charge in [0, 0.05) is 26.7 Å². The Morgan fingerprint density at radius 3 is 2.24 bits per heavy atom. The molecule has 0 amide bonds. The van der Waals surface area contributed by atoms with E-state index in [4.69, 9.17) is 0 Å². The fourth-order valence-corrected chi connectivity index (χ4v) is 1.76. The molecule has 0 aromatic heterocycles. The van der Waals surface area contributed by atoms with Gasteiger partial charge >= 0.3 is 0 Å². The summed E-state index contributed by atoms with van der Waals surface area (Å²) in [6.07, 6.45) is 0. The minimum atomic E-state index is 0.235. The fraction of sp³-hybridized carbons (Fsp3) is 0.923. The molecular weight excluding hydrogens is 212 g/mol. The number of nitrogens with one attached hydrogen (secondary N) is 2. The van der Waals surface area contributed by atoms with Gasteiger partial charge in [-0.3, -0.25) is 4.99 Å². The summed E-state index contributed by atoms with van der Waals surface area (Å²) >= 11 is 0. The first-order valence-corrected chi connectivity index (χ1v) is 6.36. The smallest absolute Gasteiger partial charge is 0.191 e. The van der Waals surface area contributed by atoms with E-state index in [-0.39, 0.29) is 5.41 Å². The lowest BCUT2D eigenvalue weighted by molar-refractivity contribution is 0.241. The van der Waals surface area contributed by atoms with Crippen LogP contribution in [0.2, 0.25) is 0 Å². The van der Waals surface area contributed by atoms with Gasteiger partial charge in [0.1, 0.15) is 0 Å². The Morgan fingerprint density at radius 1 is 1.24 bits per heavy atom. The van der Waals surface area contributed by atoms with Crippen LogP contribution in [-0.2, 0) is 0 Å². The molecule has 0 unspecified atom stereocenters. The summed E-state index contributed by atoms with van der Waals surface area (Å²) in [7, 11) is 6.02. The zero-order valence-electron chi connectivity index (χ0n) is 12.6. The number of nitrogens with zero attached hydrogens (tertiary/aromatic N) is 2. The normalized spacial score (nSPS) is 13.4. The van der Waals surface area contributed by atoms with Crippen LogP contribution in [0.5, 0.6) is 0 Å². The van der Waals surface area contributed by atoms with Crippen molar-refractivity contribution in [2.45, 2.75) is 27.7 Å². The predicted octanol–water partition coefficient (Wildman–Crippen LogP) is 1.40. The lowest BCUT2D eigenvalue weighted by Crippen LogP contribution is -2.45. The van der Waals surface area contributed by atoms with Crippen LogP contribution in [0.15, 0.2) is 4.99 Å². The van der Waals surface area contributed by atoms with Crippen LogP contribution in [0.3, 0.4) is 0 Å². The zero-order chi connectivity index (χ0) is 13.5. The Balaban J connectivity index is 4.06. The molecule has 4 nitrogen and oxygen atoms in total. The summed E-state index contributed by atoms with van der Waals surface area (Å²) in [4.78, 5) is 6.44. The van der Waals surface area contributed by atoms with Gasteiger partial charge in [0.2, 0.25) is 0 Å². The van der Waals surface area contributed by atoms with Crippen LogP contribution >= 0.6 is 0 Å². The minimum Gasteiger partial charge on any atom is -0.356 e. The van der Waals surface area contributed by atoms with Crippen LogP contribution < -0.4 is 10.6 Å². The van der Waals surface area contributed by atoms with E-state index >= 15 is 0 Å². The minimum absolute atomic E-state index is 0.235. The molecule has 0 aromatic carbocycles. The highest BCUT2D eigenvalue weighted by Crippen LogP contribution is 2.13. The van der Waals surface area contributed by atoms with Crippen molar-refractivity contribution in [2.24, 2.45) is 16.3 Å². The first-order valence-electron chi connectivity index (χ1n) is 6.36. The third-order valence-corrected chi connectivity index (χ3v) is 2.38. The van der Waals surface area contributed by atoms with E-state index in [0.717, 1.165) is 25.6 Å². The monoisotopic (exact) mass is 242 g/mol. The van der Waals surface area contributed by atoms with Crippen molar-refractivity contribution in [2.75, 3.05) is 40.8 Å². The predicted molar refractivity (Wildman–Crippen MR) is 76.5 cm³/mol. The first-order chi connectivity index (χ1) is 7.76. The Bertz CT molecular complexity index is 232. The van der Waals surface area contributed by atoms with E-state index in [2.05, 4.69) is 62.3 Å². The molecule has 0 bridgehead atoms. The molecule has 0 atom stereocenters. The Morgan fingerprint density at radius 2 is 1.82 bits per heavy atom. The molecule has 0 saturated carbocycles. The largest absolute Gasteiger partial charge is 0.356 e. The second-order valence-corrected chi connectivity index (χ2v) is 6.10. The Kier molecular flexibility index (Phi) is 7.19. The van der Waals surface area contributed by atoms with Gasteiger partial charge in [0.15, 0.2) is 5.96 Å². The van der Waals surface area contributed by atoms with E-state index in [9.17, 15) is 0 Å². The summed E-state index contributed by atoms with van der Waals surface area (Å²) in [5.41, 5.74) is 0.235. The van der Waals surface area contributed by atoms with Gasteiger partial charge in [-0.2, -0.15) is 0 Å². The lowest BCUT2D eigenvalue weighted by Gasteiger charge is -2.29. The van der Waals surface area contributed by atoms with Gasteiger partial charge in [0.05, 0.1) is 0 Å². The summed E-state index contributed by atoms with van der Waals surface area (Å²) in [6, 6.07) is 0. The van der Waals surface area contributed by atoms with E-state index in [1.165, 1.54) is 0 Å². The third-order valence-electron chi connectivity index (χ3n) is 2.38. The van der Waals surface area contributed by atoms with Gasteiger partial charge in [-0.05, 0) is 25.4 Å². The number of hydrogen-bond acceptors (Lipinski definition) is 2. The van der Waals surface area contributed by atoms with Gasteiger partial charge in [0.25, 0.3) is 0 Å². The van der Waals surface area contributed by atoms with E-state index in [0.29, 0.717) is 5.92 Å². The quantitative estimate of drug-likeness (QED) is 0.546. The summed E-state index contributed by atoms with van der Waals surface area (Å²) in [5.74, 6) is 1.52. The van der Waals surface area contributed by atoms with Crippen molar-refractivity contribution in [3.63, 3.8) is 0 Å². The van der Waals surface area contributed by atoms with Crippen LogP contribution in [0.25, 0.3) is 0 Å². The highest BCUT2D eigenvalue weighted by molar-refractivity contribution is 5.79. The maximum absolute atomic E-state index is 4.22. The van der Waals surface area contributed by atoms with Crippen molar-refractivity contribution in [3.05, 3.63) is 0 Å². The number of aliphatic imine (C=N–C) groups is 1. The molecule has 0 fully saturated rings. The molecule has 0 aliphatic heterocycles. The highest BCUT2D eigenvalue weighted by Gasteiger charge is 2.19. The molecule has 0 radical (unpaired) electrons. The van der Waals surface area contributed by atoms with Crippen molar-refractivity contribution < 1.29 is 0 Å². The molecule has 4 heteroatoms. The second-order valence-electron chi connectivity index (χ2n) is 6.10. The topological polar surface area (TPSA) is 39.7 Å². The molecule has 0 aliphatic rings. The van der Waals surface area contributed by atoms with E-state index in [1.807, 2.05) is 7.05 Å². The average molecular weight is 242 g/mol. The molecule has 0 rings (SSSR count). The number of guanidine groups is 1. The number of rotatable bonds is 6. The van der Waals surface area contributed by atoms with Crippen molar-refractivity contribution >= 4 is 5.96 Å². The van der Waals surface area contributed by atoms with Gasteiger partial charge in [-0.25, -0.2) is 0 Å². The second kappa shape index (κ2) is 7.54. The van der Waals surface area contributed by atoms with Gasteiger partial charge < -0.3 is 15.5 Å². The summed E-state index contributed by atoms with van der Waals surface area (Å²) in [6.45, 7) is 11.8. The van der Waals surface area contributed by atoms with Crippen LogP contribution in [-0.4, -0.2) is 51.6 Å². The summed E-state index contributed by atoms with van der Waals surface area (Å²) < 4.78 is 0. The Hall–Kier alpha value is -0.770. The first kappa shape index (κ1) is 16.2. The standard InChI is InChI=1S/C13H30N4/c1-11(2)8-15-12(14-5)16-9-13(3,4)10-17(6)7/h11H,8-10H2,1-7H3,(H2,14,15,16). The van der Waals surface area contributed by atoms with Crippen LogP contribution in [0.1, 0.15) is 27.7 Å². The fourth-order valence-electron chi connectivity index (χ4n) is 1.76. The molecular formula is C13H30N4. The van der Waals surface area contributed by atoms with Gasteiger partial charge in [-0.15, -0.1) is 0 Å². The zero-order valence-corrected chi connectivity index (χ0v) is 12.6. The molecule has 0 saturated heterocycles. The maximum Gasteiger partial charge on any atom is 0.191 e. The lowest BCUT2D eigenvalue weighted by atomic mass is 9.93. The van der Waals surface area contributed by atoms with Crippen molar-refractivity contribution in [3.8, 4) is 0 Å². The van der Waals surface area contributed by atoms with E-state index < -0.39 is 0 Å². The molecule has 0 spiro atoms. The third kappa shape index (κ3) is 8.98. The highest BCUT2D eigenvalue weighted by atomic mass is 15.2. The molecule has 0 aliphatic carbocycles.